The number of hydrogen-bond acceptors (Lipinski definition) is 8. The molecule has 41 heavy (non-hydrogen) atoms. The average molecular weight is 574 g/mol. The van der Waals surface area contributed by atoms with Gasteiger partial charge in [0.2, 0.25) is 0 Å². The Balaban J connectivity index is 1.69. The van der Waals surface area contributed by atoms with Crippen LogP contribution in [0.2, 0.25) is 0 Å². The lowest BCUT2D eigenvalue weighted by Crippen LogP contribution is -2.49. The van der Waals surface area contributed by atoms with Crippen molar-refractivity contribution < 1.29 is 19.4 Å². The predicted molar refractivity (Wildman–Crippen MR) is 158 cm³/mol. The molecule has 0 unspecified atom stereocenters. The Morgan fingerprint density at radius 1 is 1.17 bits per heavy atom. The quantitative estimate of drug-likeness (QED) is 0.304. The summed E-state index contributed by atoms with van der Waals surface area (Å²) in [6.07, 6.45) is 0.574. The van der Waals surface area contributed by atoms with E-state index in [1.165, 1.54) is 21.6 Å². The van der Waals surface area contributed by atoms with Crippen molar-refractivity contribution in [1.29, 1.82) is 0 Å². The van der Waals surface area contributed by atoms with E-state index in [9.17, 15) is 14.7 Å². The van der Waals surface area contributed by atoms with Gasteiger partial charge in [-0.3, -0.25) is 14.7 Å². The number of amides is 2. The lowest BCUT2D eigenvalue weighted by atomic mass is 10.0. The van der Waals surface area contributed by atoms with Gasteiger partial charge in [-0.05, 0) is 70.3 Å². The van der Waals surface area contributed by atoms with Crippen LogP contribution < -0.4 is 10.1 Å². The number of methoxy groups -OCH3 is 1. The molecule has 0 saturated heterocycles. The third kappa shape index (κ3) is 5.34. The molecule has 0 fully saturated rings. The van der Waals surface area contributed by atoms with E-state index >= 15 is 0 Å². The zero-order valence-electron chi connectivity index (χ0n) is 23.7. The number of carboxylic acid groups (broad SMARTS) is 1. The molecule has 2 aliphatic heterocycles. The van der Waals surface area contributed by atoms with E-state index in [0.717, 1.165) is 16.9 Å². The first kappa shape index (κ1) is 28.1. The topological polar surface area (TPSA) is 135 Å². The normalized spacial score (nSPS) is 13.0. The van der Waals surface area contributed by atoms with Crippen LogP contribution in [0.5, 0.6) is 5.75 Å². The molecular formula is C29H31N7O4S. The Bertz CT molecular complexity index is 1640. The van der Waals surface area contributed by atoms with Gasteiger partial charge in [0.25, 0.3) is 5.91 Å². The Morgan fingerprint density at radius 3 is 2.56 bits per heavy atom. The maximum atomic E-state index is 13.5. The third-order valence-electron chi connectivity index (χ3n) is 6.80. The van der Waals surface area contributed by atoms with E-state index in [2.05, 4.69) is 14.7 Å². The number of aryl methyl sites for hydroxylation is 1. The minimum absolute atomic E-state index is 0.182. The lowest BCUT2D eigenvalue weighted by molar-refractivity contribution is 0.102. The predicted octanol–water partition coefficient (Wildman–Crippen LogP) is 5.39. The molecule has 1 aliphatic carbocycles. The largest absolute Gasteiger partial charge is 0.496 e. The van der Waals surface area contributed by atoms with Crippen molar-refractivity contribution in [2.45, 2.75) is 52.5 Å². The summed E-state index contributed by atoms with van der Waals surface area (Å²) >= 11 is 1.17. The summed E-state index contributed by atoms with van der Waals surface area (Å²) in [5, 5.41) is 22.7. The van der Waals surface area contributed by atoms with Gasteiger partial charge in [0.05, 0.1) is 18.5 Å². The monoisotopic (exact) mass is 573 g/mol. The van der Waals surface area contributed by atoms with Gasteiger partial charge < -0.3 is 15.2 Å². The molecule has 1 aromatic carbocycles. The molecule has 11 nitrogen and oxygen atoms in total. The summed E-state index contributed by atoms with van der Waals surface area (Å²) in [7, 11) is 1.61. The van der Waals surface area contributed by atoms with E-state index in [0.29, 0.717) is 45.2 Å². The van der Waals surface area contributed by atoms with E-state index in [4.69, 9.17) is 14.9 Å². The fourth-order valence-electron chi connectivity index (χ4n) is 4.95. The summed E-state index contributed by atoms with van der Waals surface area (Å²) in [6.45, 7) is 9.42. The highest BCUT2D eigenvalue weighted by molar-refractivity contribution is 7.97. The molecule has 2 amide bonds. The minimum atomic E-state index is -1.16. The van der Waals surface area contributed by atoms with E-state index in [-0.39, 0.29) is 18.3 Å². The third-order valence-corrected chi connectivity index (χ3v) is 7.52. The van der Waals surface area contributed by atoms with Crippen molar-refractivity contribution in [3.05, 3.63) is 76.2 Å². The van der Waals surface area contributed by atoms with Crippen LogP contribution in [0.15, 0.2) is 47.0 Å². The fourth-order valence-corrected chi connectivity index (χ4v) is 5.73. The van der Waals surface area contributed by atoms with Gasteiger partial charge in [0, 0.05) is 45.4 Å². The zero-order chi connectivity index (χ0) is 29.5. The number of nitrogens with zero attached hydrogens (tertiary/aromatic N) is 6. The molecular weight excluding hydrogens is 542 g/mol. The second kappa shape index (κ2) is 10.8. The van der Waals surface area contributed by atoms with Gasteiger partial charge >= 0.3 is 6.09 Å². The van der Waals surface area contributed by atoms with Gasteiger partial charge in [-0.2, -0.15) is 19.4 Å². The first-order valence-electron chi connectivity index (χ1n) is 13.0. The average Bonchev–Trinajstić information content (AvgIpc) is 3.17. The summed E-state index contributed by atoms with van der Waals surface area (Å²) in [5.74, 6) is 0.964. The molecule has 0 spiro atoms. The zero-order valence-corrected chi connectivity index (χ0v) is 24.5. The Morgan fingerprint density at radius 2 is 1.90 bits per heavy atom. The Hall–Kier alpha value is -4.45. The highest BCUT2D eigenvalue weighted by Gasteiger charge is 2.38. The molecule has 0 atom stereocenters. The highest BCUT2D eigenvalue weighted by Crippen LogP contribution is 2.40. The summed E-state index contributed by atoms with van der Waals surface area (Å²) in [5.41, 5.74) is 4.88. The minimum Gasteiger partial charge on any atom is -0.496 e. The van der Waals surface area contributed by atoms with Crippen LogP contribution >= 0.6 is 11.9 Å². The Labute approximate surface area is 242 Å². The van der Waals surface area contributed by atoms with Gasteiger partial charge in [0.1, 0.15) is 18.0 Å². The first-order valence-corrected chi connectivity index (χ1v) is 13.9. The molecule has 212 valence electrons. The molecule has 12 heteroatoms. The van der Waals surface area contributed by atoms with E-state index < -0.39 is 11.6 Å². The van der Waals surface area contributed by atoms with Gasteiger partial charge in [0.15, 0.2) is 5.84 Å². The van der Waals surface area contributed by atoms with Crippen molar-refractivity contribution in [3.63, 3.8) is 0 Å². The molecule has 3 aliphatic rings. The van der Waals surface area contributed by atoms with E-state index in [1.807, 2.05) is 44.2 Å². The number of carbonyl (C=O) groups is 2. The number of para-hydroxylation sites is 1. The summed E-state index contributed by atoms with van der Waals surface area (Å²) < 4.78 is 10.2. The maximum absolute atomic E-state index is 13.5. The molecule has 0 radical (unpaired) electrons. The molecule has 1 aromatic heterocycles. The van der Waals surface area contributed by atoms with Gasteiger partial charge in [-0.1, -0.05) is 18.2 Å². The van der Waals surface area contributed by atoms with Crippen molar-refractivity contribution in [3.8, 4) is 17.0 Å². The number of carbonyl (C=O) groups excluding carboxylic acids is 1. The molecule has 5 rings (SSSR count). The molecule has 0 bridgehead atoms. The van der Waals surface area contributed by atoms with Crippen LogP contribution in [0, 0.1) is 13.8 Å². The molecule has 2 N–H and O–H groups in total. The van der Waals surface area contributed by atoms with Crippen LogP contribution in [-0.2, 0) is 12.3 Å². The fraction of sp³-hybridized carbons (Fsp3) is 0.310. The smallest absolute Gasteiger partial charge is 0.413 e. The number of benzene rings is 1. The number of pyridine rings is 1. The first-order chi connectivity index (χ1) is 19.5. The number of rotatable bonds is 5. The maximum Gasteiger partial charge on any atom is 0.413 e. The van der Waals surface area contributed by atoms with Crippen LogP contribution in [-0.4, -0.2) is 60.5 Å². The number of hydrogen-bond donors (Lipinski definition) is 2. The van der Waals surface area contributed by atoms with Crippen LogP contribution in [0.4, 0.5) is 10.5 Å². The highest BCUT2D eigenvalue weighted by atomic mass is 32.2. The second-order valence-corrected chi connectivity index (χ2v) is 11.4. The molecule has 0 saturated carbocycles. The van der Waals surface area contributed by atoms with Crippen molar-refractivity contribution in [2.24, 2.45) is 4.40 Å². The van der Waals surface area contributed by atoms with Crippen LogP contribution in [0.25, 0.3) is 11.3 Å². The molecule has 3 heterocycles. The number of nitrogens with one attached hydrogen (secondary N) is 1. The van der Waals surface area contributed by atoms with Gasteiger partial charge in [-0.15, -0.1) is 0 Å². The van der Waals surface area contributed by atoms with Crippen LogP contribution in [0.1, 0.15) is 59.2 Å². The van der Waals surface area contributed by atoms with E-state index in [1.54, 1.807) is 40.1 Å². The van der Waals surface area contributed by atoms with Crippen molar-refractivity contribution >= 4 is 35.5 Å². The Kier molecular flexibility index (Phi) is 7.43. The van der Waals surface area contributed by atoms with Crippen LogP contribution in [0.3, 0.4) is 0 Å². The lowest BCUT2D eigenvalue weighted by Gasteiger charge is -2.33. The second-order valence-electron chi connectivity index (χ2n) is 10.7. The SMILES string of the molecule is COc1c(C)cnc(Cn2nc3cc(C(=O)Nc4ccccc4)c4c-3c(n2)C(N(C(=O)O)C(C)(C)C)=NSC4)c1C. The van der Waals surface area contributed by atoms with Gasteiger partial charge in [-0.25, -0.2) is 4.79 Å². The number of amidine groups is 1. The standard InChI is InChI=1S/C29H31N7O4S/c1-16-13-30-22(17(2)25(16)40-6)14-35-32-21-12-19(27(37)31-18-10-8-7-9-11-18)20-15-41-34-26(24(33-35)23(20)21)36(28(38)39)29(3,4)5/h7-13H,14-15H2,1-6H3,(H,31,37)(H,38,39). The summed E-state index contributed by atoms with van der Waals surface area (Å²) in [6, 6.07) is 10.9. The number of ether oxygens (including phenoxy) is 1. The van der Waals surface area contributed by atoms with Crippen molar-refractivity contribution in [2.75, 3.05) is 12.4 Å². The summed E-state index contributed by atoms with van der Waals surface area (Å²) in [4.78, 5) is 33.3. The van der Waals surface area contributed by atoms with Crippen molar-refractivity contribution in [1.82, 2.24) is 24.9 Å². The number of aromatic nitrogens is 4. The molecule has 2 aromatic rings. The number of anilines is 1.